The zero-order valence-corrected chi connectivity index (χ0v) is 14.3. The van der Waals surface area contributed by atoms with Crippen LogP contribution in [0.25, 0.3) is 10.9 Å². The molecule has 0 aliphatic heterocycles. The van der Waals surface area contributed by atoms with Crippen LogP contribution >= 0.6 is 0 Å². The van der Waals surface area contributed by atoms with Gasteiger partial charge in [0.2, 0.25) is 0 Å². The molecule has 2 aromatic carbocycles. The largest absolute Gasteiger partial charge is 0.490 e. The lowest BCUT2D eigenvalue weighted by Crippen LogP contribution is -2.31. The van der Waals surface area contributed by atoms with Gasteiger partial charge in [0.1, 0.15) is 0 Å². The van der Waals surface area contributed by atoms with E-state index >= 15 is 0 Å². The molecule has 0 unspecified atom stereocenters. The van der Waals surface area contributed by atoms with Crippen LogP contribution in [0.3, 0.4) is 0 Å². The van der Waals surface area contributed by atoms with E-state index in [2.05, 4.69) is 28.1 Å². The number of fused-ring (bicyclic) bond motifs is 1. The number of carbonyl (C=O) groups is 1. The zero-order valence-electron chi connectivity index (χ0n) is 14.3. The van der Waals surface area contributed by atoms with E-state index in [1.54, 1.807) is 6.07 Å². The van der Waals surface area contributed by atoms with Gasteiger partial charge in [-0.3, -0.25) is 4.79 Å². The Morgan fingerprint density at radius 3 is 2.52 bits per heavy atom. The summed E-state index contributed by atoms with van der Waals surface area (Å²) in [6.45, 7) is 3.70. The molecule has 0 atom stereocenters. The van der Waals surface area contributed by atoms with E-state index in [4.69, 9.17) is 9.47 Å². The molecule has 0 saturated heterocycles. The molecule has 0 radical (unpaired) electrons. The molecule has 0 bridgehead atoms. The van der Waals surface area contributed by atoms with Crippen LogP contribution in [0.2, 0.25) is 0 Å². The Morgan fingerprint density at radius 1 is 1.00 bits per heavy atom. The first-order valence-electron chi connectivity index (χ1n) is 8.43. The Labute approximate surface area is 147 Å². The Bertz CT molecular complexity index is 842. The van der Waals surface area contributed by atoms with Gasteiger partial charge >= 0.3 is 0 Å². The van der Waals surface area contributed by atoms with Gasteiger partial charge in [-0.25, -0.2) is 0 Å². The number of aromatic nitrogens is 1. The SMILES string of the molecule is CCOc1ccccc1OCC(=O)NCCn1ccc2ccccc21. The van der Waals surface area contributed by atoms with Gasteiger partial charge in [0, 0.05) is 24.8 Å². The monoisotopic (exact) mass is 338 g/mol. The van der Waals surface area contributed by atoms with Crippen molar-refractivity contribution in [3.8, 4) is 11.5 Å². The van der Waals surface area contributed by atoms with E-state index in [-0.39, 0.29) is 12.5 Å². The van der Waals surface area contributed by atoms with Crippen molar-refractivity contribution in [1.82, 2.24) is 9.88 Å². The Morgan fingerprint density at radius 2 is 1.72 bits per heavy atom. The lowest BCUT2D eigenvalue weighted by molar-refractivity contribution is -0.123. The number of hydrogen-bond acceptors (Lipinski definition) is 3. The Kier molecular flexibility index (Phi) is 5.57. The molecule has 0 spiro atoms. The number of ether oxygens (including phenoxy) is 2. The van der Waals surface area contributed by atoms with Crippen molar-refractivity contribution in [2.24, 2.45) is 0 Å². The summed E-state index contributed by atoms with van der Waals surface area (Å²) < 4.78 is 13.2. The number of rotatable bonds is 8. The minimum absolute atomic E-state index is 0.0312. The van der Waals surface area contributed by atoms with E-state index in [1.807, 2.05) is 43.5 Å². The minimum Gasteiger partial charge on any atom is -0.490 e. The quantitative estimate of drug-likeness (QED) is 0.686. The van der Waals surface area contributed by atoms with Crippen molar-refractivity contribution in [3.63, 3.8) is 0 Å². The smallest absolute Gasteiger partial charge is 0.258 e. The van der Waals surface area contributed by atoms with Crippen LogP contribution in [0.4, 0.5) is 0 Å². The Balaban J connectivity index is 1.47. The zero-order chi connectivity index (χ0) is 17.5. The van der Waals surface area contributed by atoms with Gasteiger partial charge in [0.25, 0.3) is 5.91 Å². The predicted molar refractivity (Wildman–Crippen MR) is 98.1 cm³/mol. The second kappa shape index (κ2) is 8.24. The van der Waals surface area contributed by atoms with E-state index in [0.717, 1.165) is 6.54 Å². The number of para-hydroxylation sites is 3. The summed E-state index contributed by atoms with van der Waals surface area (Å²) in [4.78, 5) is 12.0. The molecule has 1 N–H and O–H groups in total. The highest BCUT2D eigenvalue weighted by Gasteiger charge is 2.07. The van der Waals surface area contributed by atoms with E-state index in [0.29, 0.717) is 24.7 Å². The van der Waals surface area contributed by atoms with Crippen LogP contribution in [-0.2, 0) is 11.3 Å². The first-order chi connectivity index (χ1) is 12.3. The van der Waals surface area contributed by atoms with Crippen molar-refractivity contribution >= 4 is 16.8 Å². The van der Waals surface area contributed by atoms with Gasteiger partial charge in [-0.2, -0.15) is 0 Å². The van der Waals surface area contributed by atoms with Crippen molar-refractivity contribution in [2.75, 3.05) is 19.8 Å². The molecule has 25 heavy (non-hydrogen) atoms. The van der Waals surface area contributed by atoms with E-state index < -0.39 is 0 Å². The summed E-state index contributed by atoms with van der Waals surface area (Å²) in [5.41, 5.74) is 1.17. The lowest BCUT2D eigenvalue weighted by Gasteiger charge is -2.12. The molecule has 0 saturated carbocycles. The van der Waals surface area contributed by atoms with Gasteiger partial charge in [-0.15, -0.1) is 0 Å². The maximum absolute atomic E-state index is 12.0. The number of carbonyl (C=O) groups excluding carboxylic acids is 1. The summed E-state index contributed by atoms with van der Waals surface area (Å²) in [5, 5.41) is 4.08. The molecule has 1 aromatic heterocycles. The van der Waals surface area contributed by atoms with Crippen LogP contribution in [0, 0.1) is 0 Å². The van der Waals surface area contributed by atoms with Crippen molar-refractivity contribution in [1.29, 1.82) is 0 Å². The van der Waals surface area contributed by atoms with Crippen molar-refractivity contribution < 1.29 is 14.3 Å². The molecular weight excluding hydrogens is 316 g/mol. The van der Waals surface area contributed by atoms with Crippen LogP contribution in [0.15, 0.2) is 60.8 Å². The molecule has 0 aliphatic carbocycles. The second-order valence-corrected chi connectivity index (χ2v) is 5.59. The standard InChI is InChI=1S/C20H22N2O3/c1-2-24-18-9-5-6-10-19(18)25-15-20(23)21-12-14-22-13-11-16-7-3-4-8-17(16)22/h3-11,13H,2,12,14-15H2,1H3,(H,21,23). The third-order valence-corrected chi connectivity index (χ3v) is 3.86. The van der Waals surface area contributed by atoms with Crippen molar-refractivity contribution in [3.05, 3.63) is 60.8 Å². The first kappa shape index (κ1) is 16.9. The van der Waals surface area contributed by atoms with Crippen LogP contribution < -0.4 is 14.8 Å². The van der Waals surface area contributed by atoms with Crippen LogP contribution in [-0.4, -0.2) is 30.2 Å². The van der Waals surface area contributed by atoms with Gasteiger partial charge in [0.05, 0.1) is 6.61 Å². The summed E-state index contributed by atoms with van der Waals surface area (Å²) in [7, 11) is 0. The number of nitrogens with one attached hydrogen (secondary N) is 1. The lowest BCUT2D eigenvalue weighted by atomic mass is 10.2. The second-order valence-electron chi connectivity index (χ2n) is 5.59. The summed E-state index contributed by atoms with van der Waals surface area (Å²) in [6, 6.07) is 17.6. The third kappa shape index (κ3) is 4.32. The summed E-state index contributed by atoms with van der Waals surface area (Å²) in [6.07, 6.45) is 2.03. The van der Waals surface area contributed by atoms with E-state index in [9.17, 15) is 4.79 Å². The molecule has 1 heterocycles. The average Bonchev–Trinajstić information content (AvgIpc) is 3.05. The highest BCUT2D eigenvalue weighted by atomic mass is 16.5. The maximum atomic E-state index is 12.0. The molecule has 3 aromatic rings. The van der Waals surface area contributed by atoms with Crippen molar-refractivity contribution in [2.45, 2.75) is 13.5 Å². The molecule has 1 amide bonds. The third-order valence-electron chi connectivity index (χ3n) is 3.86. The van der Waals surface area contributed by atoms with Gasteiger partial charge in [-0.05, 0) is 36.6 Å². The predicted octanol–water partition coefficient (Wildman–Crippen LogP) is 3.24. The average molecular weight is 338 g/mol. The number of nitrogens with zero attached hydrogens (tertiary/aromatic N) is 1. The fourth-order valence-corrected chi connectivity index (χ4v) is 2.69. The molecule has 130 valence electrons. The molecule has 3 rings (SSSR count). The maximum Gasteiger partial charge on any atom is 0.258 e. The van der Waals surface area contributed by atoms with E-state index in [1.165, 1.54) is 10.9 Å². The fourth-order valence-electron chi connectivity index (χ4n) is 2.69. The van der Waals surface area contributed by atoms with Gasteiger partial charge < -0.3 is 19.4 Å². The molecule has 5 nitrogen and oxygen atoms in total. The normalized spacial score (nSPS) is 10.6. The molecule has 0 aliphatic rings. The molecule has 0 fully saturated rings. The topological polar surface area (TPSA) is 52.5 Å². The molecule has 5 heteroatoms. The molecular formula is C20H22N2O3. The number of benzene rings is 2. The number of amides is 1. The first-order valence-corrected chi connectivity index (χ1v) is 8.43. The summed E-state index contributed by atoms with van der Waals surface area (Å²) >= 11 is 0. The van der Waals surface area contributed by atoms with Gasteiger partial charge in [-0.1, -0.05) is 30.3 Å². The number of hydrogen-bond donors (Lipinski definition) is 1. The van der Waals surface area contributed by atoms with Crippen LogP contribution in [0.1, 0.15) is 6.92 Å². The summed E-state index contributed by atoms with van der Waals surface area (Å²) in [5.74, 6) is 1.08. The highest BCUT2D eigenvalue weighted by molar-refractivity contribution is 5.80. The van der Waals surface area contributed by atoms with Gasteiger partial charge in [0.15, 0.2) is 18.1 Å². The Hall–Kier alpha value is -2.95. The van der Waals surface area contributed by atoms with Crippen LogP contribution in [0.5, 0.6) is 11.5 Å². The fraction of sp³-hybridized carbons (Fsp3) is 0.250. The minimum atomic E-state index is -0.150. The highest BCUT2D eigenvalue weighted by Crippen LogP contribution is 2.26.